The molecule has 5 N–H and O–H groups in total. The minimum absolute atomic E-state index is 0.209. The number of nitrogens with two attached hydrogens (primary N) is 1. The quantitative estimate of drug-likeness (QED) is 0.368. The van der Waals surface area contributed by atoms with E-state index in [1.54, 1.807) is 6.20 Å². The zero-order chi connectivity index (χ0) is 21.2. The van der Waals surface area contributed by atoms with Gasteiger partial charge in [-0.1, -0.05) is 48.0 Å². The number of aromatic amines is 1. The van der Waals surface area contributed by atoms with Gasteiger partial charge in [0.15, 0.2) is 0 Å². The molecule has 2 aromatic carbocycles. The maximum atomic E-state index is 11.5. The smallest absolute Gasteiger partial charge is 0.326 e. The minimum atomic E-state index is -1.04. The molecule has 0 aliphatic heterocycles. The number of hydrogen-bond acceptors (Lipinski definition) is 4. The number of fused-ring (bicyclic) bond motifs is 1. The summed E-state index contributed by atoms with van der Waals surface area (Å²) in [5.41, 5.74) is 8.19. The van der Waals surface area contributed by atoms with Crippen molar-refractivity contribution in [3.05, 3.63) is 70.9 Å². The number of aliphatic carboxylic acids is 1. The van der Waals surface area contributed by atoms with Gasteiger partial charge in [0, 0.05) is 41.5 Å². The molecule has 1 aromatic heterocycles. The van der Waals surface area contributed by atoms with E-state index in [4.69, 9.17) is 17.3 Å². The highest BCUT2D eigenvalue weighted by Gasteiger charge is 2.21. The van der Waals surface area contributed by atoms with Crippen molar-refractivity contribution in [2.75, 3.05) is 5.75 Å². The molecular weight excluding hydrogens is 410 g/mol. The number of thiol groups is 1. The molecule has 1 amide bonds. The van der Waals surface area contributed by atoms with Gasteiger partial charge < -0.3 is 21.1 Å². The number of carboxylic acids is 1. The number of aromatic nitrogens is 1. The van der Waals surface area contributed by atoms with Gasteiger partial charge in [0.2, 0.25) is 5.91 Å². The topological polar surface area (TPSA) is 108 Å². The Kier molecular flexibility index (Phi) is 9.05. The molecule has 0 saturated carbocycles. The predicted molar refractivity (Wildman–Crippen MR) is 119 cm³/mol. The highest BCUT2D eigenvalue weighted by atomic mass is 35.5. The molecule has 0 unspecified atom stereocenters. The summed E-state index contributed by atoms with van der Waals surface area (Å²) >= 11 is 9.70. The predicted octanol–water partition coefficient (Wildman–Crippen LogP) is 3.40. The first-order valence-corrected chi connectivity index (χ1v) is 10.1. The second-order valence-electron chi connectivity index (χ2n) is 6.29. The zero-order valence-corrected chi connectivity index (χ0v) is 17.4. The summed E-state index contributed by atoms with van der Waals surface area (Å²) in [6.07, 6.45) is 2.24. The van der Waals surface area contributed by atoms with Crippen LogP contribution in [0.3, 0.4) is 0 Å². The van der Waals surface area contributed by atoms with Gasteiger partial charge in [0.25, 0.3) is 0 Å². The molecule has 8 heteroatoms. The number of nitrogens with one attached hydrogen (secondary N) is 2. The zero-order valence-electron chi connectivity index (χ0n) is 15.8. The van der Waals surface area contributed by atoms with E-state index in [1.165, 1.54) is 0 Å². The minimum Gasteiger partial charge on any atom is -0.480 e. The molecule has 1 atom stereocenters. The third-order valence-electron chi connectivity index (χ3n) is 4.25. The average molecular weight is 434 g/mol. The molecule has 6 nitrogen and oxygen atoms in total. The van der Waals surface area contributed by atoms with Crippen molar-refractivity contribution in [3.8, 4) is 0 Å². The standard InChI is InChI=1S/C14H16N2O3S.C7H8ClN/c17-13(5-6-20)16-12(14(18)19)7-9-8-15-11-4-2-1-3-10(9)11;8-7-4-2-1-3-6(7)5-9/h1-4,8,12,15,20H,5-7H2,(H,16,17)(H,18,19);1-4H,5,9H2/t12-;/m0./s1. The van der Waals surface area contributed by atoms with E-state index in [2.05, 4.69) is 22.9 Å². The molecule has 3 aromatic rings. The lowest BCUT2D eigenvalue weighted by molar-refractivity contribution is -0.141. The Bertz CT molecular complexity index is 961. The summed E-state index contributed by atoms with van der Waals surface area (Å²) in [6.45, 7) is 0.514. The monoisotopic (exact) mass is 433 g/mol. The number of rotatable bonds is 7. The van der Waals surface area contributed by atoms with E-state index in [0.717, 1.165) is 27.1 Å². The van der Waals surface area contributed by atoms with Crippen molar-refractivity contribution in [2.45, 2.75) is 25.4 Å². The van der Waals surface area contributed by atoms with Crippen molar-refractivity contribution in [2.24, 2.45) is 5.73 Å². The maximum absolute atomic E-state index is 11.5. The van der Waals surface area contributed by atoms with Crippen LogP contribution in [0.2, 0.25) is 5.02 Å². The lowest BCUT2D eigenvalue weighted by atomic mass is 10.0. The molecule has 29 heavy (non-hydrogen) atoms. The molecule has 1 heterocycles. The first kappa shape index (κ1) is 22.8. The summed E-state index contributed by atoms with van der Waals surface area (Å²) in [5.74, 6) is -0.944. The molecule has 154 valence electrons. The second-order valence-corrected chi connectivity index (χ2v) is 7.15. The summed E-state index contributed by atoms with van der Waals surface area (Å²) in [7, 11) is 0. The van der Waals surface area contributed by atoms with Gasteiger partial charge in [0.05, 0.1) is 0 Å². The fourth-order valence-electron chi connectivity index (χ4n) is 2.75. The Morgan fingerprint density at radius 1 is 1.14 bits per heavy atom. The highest BCUT2D eigenvalue weighted by Crippen LogP contribution is 2.19. The molecule has 0 aliphatic rings. The molecule has 3 rings (SSSR count). The van der Waals surface area contributed by atoms with Crippen LogP contribution in [0.4, 0.5) is 0 Å². The largest absolute Gasteiger partial charge is 0.480 e. The van der Waals surface area contributed by atoms with E-state index in [-0.39, 0.29) is 18.7 Å². The van der Waals surface area contributed by atoms with Crippen LogP contribution in [0.15, 0.2) is 54.7 Å². The third kappa shape index (κ3) is 6.81. The maximum Gasteiger partial charge on any atom is 0.326 e. The second kappa shape index (κ2) is 11.5. The van der Waals surface area contributed by atoms with E-state index < -0.39 is 12.0 Å². The Labute approximate surface area is 179 Å². The number of halogens is 1. The molecule has 0 bridgehead atoms. The van der Waals surface area contributed by atoms with Gasteiger partial charge in [-0.25, -0.2) is 4.79 Å². The lowest BCUT2D eigenvalue weighted by Crippen LogP contribution is -2.42. The van der Waals surface area contributed by atoms with Crippen molar-refractivity contribution in [1.29, 1.82) is 0 Å². The van der Waals surface area contributed by atoms with Crippen LogP contribution < -0.4 is 11.1 Å². The van der Waals surface area contributed by atoms with E-state index >= 15 is 0 Å². The molecule has 0 spiro atoms. The Balaban J connectivity index is 0.000000278. The number of benzene rings is 2. The SMILES string of the molecule is NCc1ccccc1Cl.O=C(CCS)N[C@@H](Cc1c[nH]c2ccccc12)C(=O)O. The Morgan fingerprint density at radius 3 is 2.45 bits per heavy atom. The van der Waals surface area contributed by atoms with Crippen molar-refractivity contribution in [3.63, 3.8) is 0 Å². The summed E-state index contributed by atoms with van der Waals surface area (Å²) in [5, 5.41) is 13.5. The van der Waals surface area contributed by atoms with Crippen LogP contribution in [0, 0.1) is 0 Å². The van der Waals surface area contributed by atoms with Crippen LogP contribution in [-0.4, -0.2) is 33.8 Å². The third-order valence-corrected chi connectivity index (χ3v) is 4.84. The lowest BCUT2D eigenvalue weighted by Gasteiger charge is -2.13. The van der Waals surface area contributed by atoms with Crippen molar-refractivity contribution >= 4 is 47.0 Å². The number of para-hydroxylation sites is 1. The van der Waals surface area contributed by atoms with Crippen LogP contribution >= 0.6 is 24.2 Å². The van der Waals surface area contributed by atoms with Crippen LogP contribution in [0.5, 0.6) is 0 Å². The van der Waals surface area contributed by atoms with Gasteiger partial charge in [-0.2, -0.15) is 12.6 Å². The van der Waals surface area contributed by atoms with Gasteiger partial charge in [-0.05, 0) is 29.0 Å². The van der Waals surface area contributed by atoms with Crippen LogP contribution in [0.25, 0.3) is 10.9 Å². The first-order valence-electron chi connectivity index (χ1n) is 9.07. The van der Waals surface area contributed by atoms with Crippen molar-refractivity contribution < 1.29 is 14.7 Å². The number of carbonyl (C=O) groups is 2. The Hall–Kier alpha value is -2.48. The number of carbonyl (C=O) groups excluding carboxylic acids is 1. The molecule has 0 aliphatic carbocycles. The highest BCUT2D eigenvalue weighted by molar-refractivity contribution is 7.80. The molecule has 0 radical (unpaired) electrons. The Morgan fingerprint density at radius 2 is 1.83 bits per heavy atom. The number of hydrogen-bond donors (Lipinski definition) is 5. The fraction of sp³-hybridized carbons (Fsp3) is 0.238. The first-order chi connectivity index (χ1) is 14.0. The van der Waals surface area contributed by atoms with Gasteiger partial charge >= 0.3 is 5.97 Å². The van der Waals surface area contributed by atoms with Crippen LogP contribution in [-0.2, 0) is 22.6 Å². The fourth-order valence-corrected chi connectivity index (χ4v) is 3.17. The summed E-state index contributed by atoms with van der Waals surface area (Å²) in [6, 6.07) is 14.3. The van der Waals surface area contributed by atoms with E-state index in [0.29, 0.717) is 12.3 Å². The normalized spacial score (nSPS) is 11.4. The average Bonchev–Trinajstić information content (AvgIpc) is 3.11. The van der Waals surface area contributed by atoms with Gasteiger partial charge in [-0.15, -0.1) is 0 Å². The number of H-pyrrole nitrogens is 1. The molecule has 0 saturated heterocycles. The number of carboxylic acid groups (broad SMARTS) is 1. The van der Waals surface area contributed by atoms with Crippen molar-refractivity contribution in [1.82, 2.24) is 10.3 Å². The number of amides is 1. The molecular formula is C21H24ClN3O3S. The molecule has 0 fully saturated rings. The van der Waals surface area contributed by atoms with Crippen LogP contribution in [0.1, 0.15) is 17.5 Å². The van der Waals surface area contributed by atoms with Gasteiger partial charge in [0.1, 0.15) is 6.04 Å². The van der Waals surface area contributed by atoms with Gasteiger partial charge in [-0.3, -0.25) is 4.79 Å². The summed E-state index contributed by atoms with van der Waals surface area (Å²) < 4.78 is 0. The van der Waals surface area contributed by atoms with E-state index in [9.17, 15) is 14.7 Å². The summed E-state index contributed by atoms with van der Waals surface area (Å²) in [4.78, 5) is 25.9. The van der Waals surface area contributed by atoms with E-state index in [1.807, 2.05) is 48.5 Å².